The van der Waals surface area contributed by atoms with Gasteiger partial charge in [-0.15, -0.1) is 0 Å². The highest BCUT2D eigenvalue weighted by molar-refractivity contribution is 7.89. The average molecular weight is 403 g/mol. The Balaban J connectivity index is 1.69. The van der Waals surface area contributed by atoms with Crippen LogP contribution < -0.4 is 0 Å². The quantitative estimate of drug-likeness (QED) is 0.627. The highest BCUT2D eigenvalue weighted by Crippen LogP contribution is 2.20. The van der Waals surface area contributed by atoms with E-state index in [1.807, 2.05) is 6.07 Å². The van der Waals surface area contributed by atoms with Crippen LogP contribution in [-0.4, -0.2) is 36.5 Å². The van der Waals surface area contributed by atoms with Crippen LogP contribution in [0.5, 0.6) is 0 Å². The number of hydrogen-bond acceptors (Lipinski definition) is 6. The van der Waals surface area contributed by atoms with Gasteiger partial charge in [0.25, 0.3) is 5.89 Å². The maximum atomic E-state index is 12.6. The number of rotatable bonds is 6. The van der Waals surface area contributed by atoms with Gasteiger partial charge in [-0.05, 0) is 42.5 Å². The van der Waals surface area contributed by atoms with E-state index < -0.39 is 10.0 Å². The van der Waals surface area contributed by atoms with Crippen molar-refractivity contribution >= 4 is 21.6 Å². The van der Waals surface area contributed by atoms with Crippen LogP contribution in [0.2, 0.25) is 5.02 Å². The normalized spacial score (nSPS) is 11.5. The fraction of sp³-hybridized carbons (Fsp3) is 0.167. The molecule has 0 aliphatic rings. The fourth-order valence-corrected chi connectivity index (χ4v) is 3.69. The molecule has 3 aromatic rings. The van der Waals surface area contributed by atoms with Gasteiger partial charge < -0.3 is 4.52 Å². The van der Waals surface area contributed by atoms with E-state index >= 15 is 0 Å². The molecule has 7 nitrogen and oxygen atoms in total. The molecule has 1 aromatic heterocycles. The number of nitriles is 1. The minimum absolute atomic E-state index is 0.0685. The van der Waals surface area contributed by atoms with E-state index in [2.05, 4.69) is 10.1 Å². The van der Waals surface area contributed by atoms with Gasteiger partial charge >= 0.3 is 0 Å². The molecule has 0 saturated heterocycles. The van der Waals surface area contributed by atoms with Crippen molar-refractivity contribution < 1.29 is 12.9 Å². The standard InChI is InChI=1S/C18H15ClN4O3S/c1-23(27(24,25)16-4-2-3-13(11-16)12-20)10-9-17-21-18(26-22-17)14-5-7-15(19)8-6-14/h2-8,11H,9-10H2,1H3. The van der Waals surface area contributed by atoms with Gasteiger partial charge in [-0.1, -0.05) is 22.8 Å². The summed E-state index contributed by atoms with van der Waals surface area (Å²) < 4.78 is 31.7. The lowest BCUT2D eigenvalue weighted by Gasteiger charge is -2.16. The minimum Gasteiger partial charge on any atom is -0.334 e. The number of aromatic nitrogens is 2. The van der Waals surface area contributed by atoms with Gasteiger partial charge in [-0.3, -0.25) is 0 Å². The molecule has 0 spiro atoms. The Hall–Kier alpha value is -2.73. The van der Waals surface area contributed by atoms with Crippen LogP contribution in [0.4, 0.5) is 0 Å². The fourth-order valence-electron chi connectivity index (χ4n) is 2.35. The molecule has 0 atom stereocenters. The second-order valence-corrected chi connectivity index (χ2v) is 8.22. The first-order valence-electron chi connectivity index (χ1n) is 7.95. The molecule has 0 saturated carbocycles. The van der Waals surface area contributed by atoms with Crippen molar-refractivity contribution in [3.63, 3.8) is 0 Å². The maximum absolute atomic E-state index is 12.6. The van der Waals surface area contributed by atoms with Crippen LogP contribution in [0.15, 0.2) is 57.9 Å². The summed E-state index contributed by atoms with van der Waals surface area (Å²) in [5.74, 6) is 0.738. The van der Waals surface area contributed by atoms with Gasteiger partial charge in [0.2, 0.25) is 10.0 Å². The summed E-state index contributed by atoms with van der Waals surface area (Å²) in [4.78, 5) is 4.35. The summed E-state index contributed by atoms with van der Waals surface area (Å²) in [6, 6.07) is 14.8. The third-order valence-electron chi connectivity index (χ3n) is 3.88. The van der Waals surface area contributed by atoms with Gasteiger partial charge in [-0.25, -0.2) is 12.7 Å². The number of halogens is 1. The molecule has 0 unspecified atom stereocenters. The number of nitrogens with zero attached hydrogens (tertiary/aromatic N) is 4. The predicted molar refractivity (Wildman–Crippen MR) is 99.4 cm³/mol. The first-order chi connectivity index (χ1) is 12.9. The molecule has 3 rings (SSSR count). The molecule has 0 aliphatic carbocycles. The Morgan fingerprint density at radius 2 is 1.96 bits per heavy atom. The summed E-state index contributed by atoms with van der Waals surface area (Å²) >= 11 is 5.85. The Kier molecular flexibility index (Phi) is 5.56. The van der Waals surface area contributed by atoms with Crippen LogP contribution >= 0.6 is 11.6 Å². The molecular formula is C18H15ClN4O3S. The number of hydrogen-bond donors (Lipinski definition) is 0. The van der Waals surface area contributed by atoms with Gasteiger partial charge in [0.15, 0.2) is 5.82 Å². The van der Waals surface area contributed by atoms with Gasteiger partial charge in [0, 0.05) is 30.6 Å². The van der Waals surface area contributed by atoms with Crippen LogP contribution in [-0.2, 0) is 16.4 Å². The zero-order valence-corrected chi connectivity index (χ0v) is 15.9. The minimum atomic E-state index is -3.71. The van der Waals surface area contributed by atoms with E-state index in [1.165, 1.54) is 29.6 Å². The summed E-state index contributed by atoms with van der Waals surface area (Å²) in [7, 11) is -2.24. The van der Waals surface area contributed by atoms with E-state index in [4.69, 9.17) is 21.4 Å². The summed E-state index contributed by atoms with van der Waals surface area (Å²) in [5.41, 5.74) is 1.02. The van der Waals surface area contributed by atoms with Crippen molar-refractivity contribution in [1.29, 1.82) is 5.26 Å². The van der Waals surface area contributed by atoms with E-state index in [0.717, 1.165) is 5.56 Å². The molecule has 9 heteroatoms. The van der Waals surface area contributed by atoms with Crippen LogP contribution in [0.3, 0.4) is 0 Å². The van der Waals surface area contributed by atoms with Gasteiger partial charge in [0.1, 0.15) is 0 Å². The SMILES string of the molecule is CN(CCc1noc(-c2ccc(Cl)cc2)n1)S(=O)(=O)c1cccc(C#N)c1. The monoisotopic (exact) mass is 402 g/mol. The summed E-state index contributed by atoms with van der Waals surface area (Å²) in [6.07, 6.45) is 0.283. The van der Waals surface area contributed by atoms with E-state index in [0.29, 0.717) is 16.7 Å². The Bertz CT molecular complexity index is 1090. The molecule has 2 aromatic carbocycles. The van der Waals surface area contributed by atoms with E-state index in [-0.39, 0.29) is 23.4 Å². The lowest BCUT2D eigenvalue weighted by molar-refractivity contribution is 0.415. The molecular weight excluding hydrogens is 388 g/mol. The van der Waals surface area contributed by atoms with Crippen molar-refractivity contribution in [1.82, 2.24) is 14.4 Å². The van der Waals surface area contributed by atoms with Gasteiger partial charge in [-0.2, -0.15) is 10.2 Å². The Morgan fingerprint density at radius 3 is 2.67 bits per heavy atom. The molecule has 0 bridgehead atoms. The largest absolute Gasteiger partial charge is 0.334 e. The first-order valence-corrected chi connectivity index (χ1v) is 9.77. The third-order valence-corrected chi connectivity index (χ3v) is 5.99. The summed E-state index contributed by atoms with van der Waals surface area (Å²) in [6.45, 7) is 0.165. The molecule has 0 radical (unpaired) electrons. The number of benzene rings is 2. The van der Waals surface area contributed by atoms with Crippen LogP contribution in [0.1, 0.15) is 11.4 Å². The Morgan fingerprint density at radius 1 is 1.22 bits per heavy atom. The molecule has 0 amide bonds. The highest BCUT2D eigenvalue weighted by Gasteiger charge is 2.21. The zero-order chi connectivity index (χ0) is 19.4. The predicted octanol–water partition coefficient (Wildman–Crippen LogP) is 3.12. The van der Waals surface area contributed by atoms with Gasteiger partial charge in [0.05, 0.1) is 16.5 Å². The van der Waals surface area contributed by atoms with Crippen molar-refractivity contribution in [3.05, 3.63) is 64.9 Å². The zero-order valence-electron chi connectivity index (χ0n) is 14.3. The van der Waals surface area contributed by atoms with Crippen molar-refractivity contribution in [2.24, 2.45) is 0 Å². The number of likely N-dealkylation sites (N-methyl/N-ethyl adjacent to an activating group) is 1. The molecule has 1 heterocycles. The van der Waals surface area contributed by atoms with Crippen LogP contribution in [0.25, 0.3) is 11.5 Å². The molecule has 0 N–H and O–H groups in total. The number of sulfonamides is 1. The lowest BCUT2D eigenvalue weighted by atomic mass is 10.2. The molecule has 138 valence electrons. The topological polar surface area (TPSA) is 100 Å². The second-order valence-electron chi connectivity index (χ2n) is 5.74. The molecule has 27 heavy (non-hydrogen) atoms. The van der Waals surface area contributed by atoms with Crippen molar-refractivity contribution in [2.75, 3.05) is 13.6 Å². The Labute approximate surface area is 161 Å². The second kappa shape index (κ2) is 7.88. The lowest BCUT2D eigenvalue weighted by Crippen LogP contribution is -2.29. The third kappa shape index (κ3) is 4.34. The van der Waals surface area contributed by atoms with Crippen LogP contribution in [0, 0.1) is 11.3 Å². The highest BCUT2D eigenvalue weighted by atomic mass is 35.5. The molecule has 0 aliphatic heterocycles. The van der Waals surface area contributed by atoms with E-state index in [1.54, 1.807) is 30.3 Å². The molecule has 0 fully saturated rings. The van der Waals surface area contributed by atoms with Crippen molar-refractivity contribution in [2.45, 2.75) is 11.3 Å². The maximum Gasteiger partial charge on any atom is 0.257 e. The smallest absolute Gasteiger partial charge is 0.257 e. The van der Waals surface area contributed by atoms with Crippen molar-refractivity contribution in [3.8, 4) is 17.5 Å². The summed E-state index contributed by atoms with van der Waals surface area (Å²) in [5, 5.41) is 13.4. The van der Waals surface area contributed by atoms with E-state index in [9.17, 15) is 8.42 Å². The average Bonchev–Trinajstić information content (AvgIpc) is 3.15. The first kappa shape index (κ1) is 19.0.